The number of rotatable bonds is 10. The Bertz CT molecular complexity index is 2210. The highest BCUT2D eigenvalue weighted by molar-refractivity contribution is 9.09. The molecule has 5 rings (SSSR count). The Morgan fingerprint density at radius 3 is 1.72 bits per heavy atom. The van der Waals surface area contributed by atoms with Crippen LogP contribution in [0.5, 0.6) is 11.5 Å². The van der Waals surface area contributed by atoms with Gasteiger partial charge in [0.15, 0.2) is 10.9 Å². The number of thiocarbonyl (C=S) groups is 1. The maximum absolute atomic E-state index is 12.8. The van der Waals surface area contributed by atoms with E-state index in [4.69, 9.17) is 43.5 Å². The van der Waals surface area contributed by atoms with Gasteiger partial charge >= 0.3 is 0 Å². The van der Waals surface area contributed by atoms with Crippen molar-refractivity contribution in [2.45, 2.75) is 33.3 Å². The van der Waals surface area contributed by atoms with Crippen LogP contribution in [0.4, 0.5) is 5.13 Å². The van der Waals surface area contributed by atoms with Gasteiger partial charge in [-0.1, -0.05) is 66.1 Å². The monoisotopic (exact) mass is 962 g/mol. The third-order valence-corrected chi connectivity index (χ3v) is 11.3. The minimum absolute atomic E-state index is 0. The Morgan fingerprint density at radius 1 is 0.860 bits per heavy atom. The van der Waals surface area contributed by atoms with Crippen molar-refractivity contribution in [3.63, 3.8) is 0 Å². The first-order valence-electron chi connectivity index (χ1n) is 15.9. The fourth-order valence-electron chi connectivity index (χ4n) is 4.08. The van der Waals surface area contributed by atoms with E-state index in [1.54, 1.807) is 88.3 Å². The van der Waals surface area contributed by atoms with Crippen LogP contribution < -0.4 is 15.2 Å². The Kier molecular flexibility index (Phi) is 25.5. The van der Waals surface area contributed by atoms with Crippen molar-refractivity contribution in [1.29, 1.82) is 0 Å². The molecule has 0 amide bonds. The molecular weight excluding hydrogens is 916 g/mol. The summed E-state index contributed by atoms with van der Waals surface area (Å²) in [4.78, 5) is 23.5. The zero-order valence-electron chi connectivity index (χ0n) is 30.6. The second-order valence-corrected chi connectivity index (χ2v) is 18.4. The molecule has 312 valence electrons. The van der Waals surface area contributed by atoms with Crippen LogP contribution in [0.1, 0.15) is 43.3 Å². The van der Waals surface area contributed by atoms with Gasteiger partial charge in [-0.3, -0.25) is 4.79 Å². The number of ether oxygens (including phenoxy) is 2. The quantitative estimate of drug-likeness (QED) is 0.0589. The summed E-state index contributed by atoms with van der Waals surface area (Å²) in [5, 5.41) is 11.0. The smallest absolute Gasteiger partial charge is 0.218 e. The van der Waals surface area contributed by atoms with Crippen molar-refractivity contribution in [2.24, 2.45) is 14.5 Å². The molecule has 0 bridgehead atoms. The Hall–Kier alpha value is -3.55. The molecule has 19 heteroatoms. The molecule has 0 fully saturated rings. The van der Waals surface area contributed by atoms with Crippen LogP contribution in [-0.2, 0) is 31.0 Å². The molecule has 12 nitrogen and oxygen atoms in total. The van der Waals surface area contributed by atoms with Crippen molar-refractivity contribution in [3.8, 4) is 22.8 Å². The number of carbonyl (C=O) groups is 1. The summed E-state index contributed by atoms with van der Waals surface area (Å²) in [7, 11) is -1.65. The lowest BCUT2D eigenvalue weighted by Crippen LogP contribution is -2.10. The molecule has 0 aliphatic rings. The number of nitrogens with zero attached hydrogens (tertiary/aromatic N) is 5. The molecule has 3 aromatic heterocycles. The van der Waals surface area contributed by atoms with E-state index in [-0.39, 0.29) is 38.1 Å². The zero-order chi connectivity index (χ0) is 41.0. The third kappa shape index (κ3) is 21.1. The van der Waals surface area contributed by atoms with Gasteiger partial charge < -0.3 is 20.3 Å². The SMILES string of the molecule is C.C.CCO.COc1ccc(-c2csc(N=S(C)(=O)Cc3ccc(Cl)nc3)n2)cc1.COc1ccc(C(=O)CBr)cc1.CS(=O)(Cc1ccc(Cl)nc1)=NC(N)=S. The molecule has 0 aliphatic heterocycles. The van der Waals surface area contributed by atoms with Crippen molar-refractivity contribution in [1.82, 2.24) is 15.0 Å². The lowest BCUT2D eigenvalue weighted by atomic mass is 10.1. The molecule has 0 spiro atoms. The number of alkyl halides is 1. The highest BCUT2D eigenvalue weighted by Gasteiger charge is 2.10. The number of benzene rings is 2. The van der Waals surface area contributed by atoms with Gasteiger partial charge in [-0.05, 0) is 90.9 Å². The Morgan fingerprint density at radius 2 is 1.32 bits per heavy atom. The van der Waals surface area contributed by atoms with E-state index in [0.717, 1.165) is 33.9 Å². The van der Waals surface area contributed by atoms with Crippen LogP contribution in [0.3, 0.4) is 0 Å². The minimum Gasteiger partial charge on any atom is -0.497 e. The molecule has 0 radical (unpaired) electrons. The molecule has 2 atom stereocenters. The number of pyridine rings is 2. The normalized spacial score (nSPS) is 11.9. The summed E-state index contributed by atoms with van der Waals surface area (Å²) in [5.41, 5.74) is 9.28. The van der Waals surface area contributed by atoms with Crippen LogP contribution in [0.2, 0.25) is 10.3 Å². The molecule has 2 unspecified atom stereocenters. The van der Waals surface area contributed by atoms with Gasteiger partial charge in [-0.15, -0.1) is 11.3 Å². The van der Waals surface area contributed by atoms with Crippen LogP contribution in [0, 0.1) is 0 Å². The topological polar surface area (TPSA) is 179 Å². The number of hydrogen-bond acceptors (Lipinski definition) is 12. The lowest BCUT2D eigenvalue weighted by Gasteiger charge is -2.03. The average molecular weight is 965 g/mol. The number of Topliss-reactive ketones (excluding diaryl/α,β-unsaturated/α-hetero) is 1. The molecule has 3 heterocycles. The molecule has 2 aromatic carbocycles. The van der Waals surface area contributed by atoms with Crippen molar-refractivity contribution in [2.75, 3.05) is 38.7 Å². The Labute approximate surface area is 365 Å². The number of hydrogen-bond donors (Lipinski definition) is 2. The first-order chi connectivity index (χ1) is 26.0. The number of halogens is 3. The summed E-state index contributed by atoms with van der Waals surface area (Å²) < 4.78 is 42.8. The van der Waals surface area contributed by atoms with E-state index in [2.05, 4.69) is 51.8 Å². The molecule has 0 saturated carbocycles. The highest BCUT2D eigenvalue weighted by Crippen LogP contribution is 2.29. The average Bonchev–Trinajstić information content (AvgIpc) is 3.61. The third-order valence-electron chi connectivity index (χ3n) is 6.41. The number of carbonyl (C=O) groups excluding carboxylic acids is 1. The van der Waals surface area contributed by atoms with Gasteiger partial charge in [0.05, 0.1) is 56.2 Å². The Balaban J connectivity index is 0.000000843. The number of aromatic nitrogens is 3. The number of aliphatic hydroxyl groups is 1. The van der Waals surface area contributed by atoms with Crippen molar-refractivity contribution in [3.05, 3.63) is 118 Å². The van der Waals surface area contributed by atoms with Crippen LogP contribution in [0.25, 0.3) is 11.3 Å². The summed E-state index contributed by atoms with van der Waals surface area (Å²) in [6.45, 7) is 1.93. The number of nitrogens with two attached hydrogens (primary N) is 1. The van der Waals surface area contributed by atoms with E-state index in [0.29, 0.717) is 32.1 Å². The van der Waals surface area contributed by atoms with Crippen LogP contribution >= 0.6 is 62.7 Å². The summed E-state index contributed by atoms with van der Waals surface area (Å²) >= 11 is 20.4. The second kappa shape index (κ2) is 27.2. The van der Waals surface area contributed by atoms with Crippen LogP contribution in [0.15, 0.2) is 99.3 Å². The number of methoxy groups -OCH3 is 2. The fourth-order valence-corrected chi connectivity index (χ4v) is 8.76. The fraction of sp³-hybridized carbons (Fsp3) is 0.289. The lowest BCUT2D eigenvalue weighted by molar-refractivity contribution is 0.102. The predicted molar refractivity (Wildman–Crippen MR) is 247 cm³/mol. The molecule has 0 aliphatic carbocycles. The molecule has 3 N–H and O–H groups in total. The van der Waals surface area contributed by atoms with E-state index in [1.807, 2.05) is 29.6 Å². The first kappa shape index (κ1) is 53.5. The number of ketones is 1. The van der Waals surface area contributed by atoms with Crippen molar-refractivity contribution >= 4 is 98.2 Å². The van der Waals surface area contributed by atoms with Gasteiger partial charge in [-0.2, -0.15) is 8.73 Å². The summed E-state index contributed by atoms with van der Waals surface area (Å²) in [6.07, 6.45) is 6.29. The van der Waals surface area contributed by atoms with Crippen molar-refractivity contribution < 1.29 is 27.8 Å². The largest absolute Gasteiger partial charge is 0.497 e. The minimum atomic E-state index is -2.46. The number of thiazole rings is 1. The van der Waals surface area contributed by atoms with Gasteiger partial charge in [0.2, 0.25) is 5.13 Å². The van der Waals surface area contributed by atoms with Gasteiger partial charge in [0.25, 0.3) is 0 Å². The standard InChI is InChI=1S/C17H16ClN3O2S2.C9H9BrO2.C8H10ClN3OS2.C2H6O.2CH4/c1-23-14-6-4-13(5-7-14)15-10-24-17(20-15)21-25(2,22)11-12-3-8-16(18)19-9-12;1-12-8-4-2-7(3-5-8)9(11)6-10;1-15(13,12-8(10)14)5-6-2-3-7(9)11-4-6;1-2-3;;/h3-10H,11H2,1-2H3;2-5H,6H2,1H3;2-4H,5H2,1H3,(H2,10,14);3H,2H2,1H3;2*1H4. The van der Waals surface area contributed by atoms with E-state index < -0.39 is 19.5 Å². The van der Waals surface area contributed by atoms with Gasteiger partial charge in [0, 0.05) is 48.0 Å². The number of aliphatic hydroxyl groups excluding tert-OH is 1. The molecule has 0 saturated heterocycles. The molecule has 57 heavy (non-hydrogen) atoms. The maximum atomic E-state index is 12.8. The molecule has 5 aromatic rings. The van der Waals surface area contributed by atoms with Gasteiger partial charge in [-0.25, -0.2) is 23.4 Å². The van der Waals surface area contributed by atoms with E-state index >= 15 is 0 Å². The van der Waals surface area contributed by atoms with Gasteiger partial charge in [0.1, 0.15) is 21.8 Å². The van der Waals surface area contributed by atoms with E-state index in [1.165, 1.54) is 17.6 Å². The highest BCUT2D eigenvalue weighted by atomic mass is 79.9. The first-order valence-corrected chi connectivity index (χ1v) is 23.2. The summed E-state index contributed by atoms with van der Waals surface area (Å²) in [5.74, 6) is 2.19. The zero-order valence-corrected chi connectivity index (χ0v) is 36.9. The van der Waals surface area contributed by atoms with Crippen LogP contribution in [-0.4, -0.2) is 78.0 Å². The van der Waals surface area contributed by atoms with E-state index in [9.17, 15) is 13.2 Å². The summed E-state index contributed by atoms with van der Waals surface area (Å²) in [6, 6.07) is 21.5. The predicted octanol–water partition coefficient (Wildman–Crippen LogP) is 9.92. The maximum Gasteiger partial charge on any atom is 0.218 e. The second-order valence-electron chi connectivity index (χ2n) is 11.1. The molecular formula is C38H49BrCl2N6O6S4.